The van der Waals surface area contributed by atoms with Gasteiger partial charge in [0.1, 0.15) is 5.75 Å². The van der Waals surface area contributed by atoms with E-state index in [2.05, 4.69) is 13.8 Å². The molecule has 2 amide bonds. The van der Waals surface area contributed by atoms with E-state index in [1.807, 2.05) is 0 Å². The molecule has 2 aromatic carbocycles. The van der Waals surface area contributed by atoms with E-state index in [1.54, 1.807) is 24.3 Å². The number of nitrogens with zero attached hydrogens (tertiary/aromatic N) is 1. The molecule has 0 aliphatic carbocycles. The molecule has 0 saturated carbocycles. The van der Waals surface area contributed by atoms with E-state index in [0.717, 1.165) is 11.3 Å². The molecule has 0 bridgehead atoms. The Morgan fingerprint density at radius 1 is 1.08 bits per heavy atom. The van der Waals surface area contributed by atoms with Crippen LogP contribution in [0, 0.1) is 5.92 Å². The van der Waals surface area contributed by atoms with Crippen molar-refractivity contribution in [1.29, 1.82) is 0 Å². The van der Waals surface area contributed by atoms with Gasteiger partial charge < -0.3 is 9.84 Å². The molecule has 0 radical (unpaired) electrons. The number of hydrogen-bond donors (Lipinski definition) is 1. The van der Waals surface area contributed by atoms with Crippen LogP contribution in [0.3, 0.4) is 0 Å². The van der Waals surface area contributed by atoms with Gasteiger partial charge in [0.05, 0.1) is 29.0 Å². The second-order valence-corrected chi connectivity index (χ2v) is 6.51. The predicted molar refractivity (Wildman–Crippen MR) is 95.9 cm³/mol. The van der Waals surface area contributed by atoms with Gasteiger partial charge in [-0.2, -0.15) is 0 Å². The smallest absolute Gasteiger partial charge is 0.335 e. The number of aromatic carboxylic acids is 1. The third-order valence-corrected chi connectivity index (χ3v) is 4.19. The summed E-state index contributed by atoms with van der Waals surface area (Å²) in [5.41, 5.74) is 0.727. The molecule has 26 heavy (non-hydrogen) atoms. The summed E-state index contributed by atoms with van der Waals surface area (Å²) in [4.78, 5) is 37.8. The SMILES string of the molecule is CC(C)CCOc1ccc(C(=O)O)cc1N1C(=O)c2ccccc2C1=O. The van der Waals surface area contributed by atoms with Crippen molar-refractivity contribution in [2.24, 2.45) is 5.92 Å². The van der Waals surface area contributed by atoms with Gasteiger partial charge in [0.2, 0.25) is 0 Å². The largest absolute Gasteiger partial charge is 0.491 e. The van der Waals surface area contributed by atoms with E-state index >= 15 is 0 Å². The minimum atomic E-state index is -1.14. The van der Waals surface area contributed by atoms with Crippen LogP contribution in [0.15, 0.2) is 42.5 Å². The van der Waals surface area contributed by atoms with Crippen molar-refractivity contribution in [3.8, 4) is 5.75 Å². The third kappa shape index (κ3) is 3.18. The number of benzene rings is 2. The standard InChI is InChI=1S/C20H19NO5/c1-12(2)9-10-26-17-8-7-13(20(24)25)11-16(17)21-18(22)14-5-3-4-6-15(14)19(21)23/h3-8,11-12H,9-10H2,1-2H3,(H,24,25). The highest BCUT2D eigenvalue weighted by Gasteiger charge is 2.38. The van der Waals surface area contributed by atoms with Gasteiger partial charge in [-0.25, -0.2) is 9.69 Å². The molecule has 3 rings (SSSR count). The second-order valence-electron chi connectivity index (χ2n) is 6.51. The zero-order valence-electron chi connectivity index (χ0n) is 14.6. The van der Waals surface area contributed by atoms with E-state index in [4.69, 9.17) is 4.74 Å². The van der Waals surface area contributed by atoms with E-state index < -0.39 is 17.8 Å². The lowest BCUT2D eigenvalue weighted by Crippen LogP contribution is -2.30. The molecule has 2 aromatic rings. The van der Waals surface area contributed by atoms with Crippen LogP contribution >= 0.6 is 0 Å². The van der Waals surface area contributed by atoms with Crippen LogP contribution in [0.4, 0.5) is 5.69 Å². The van der Waals surface area contributed by atoms with Gasteiger partial charge in [-0.15, -0.1) is 0 Å². The molecule has 1 aliphatic heterocycles. The highest BCUT2D eigenvalue weighted by molar-refractivity contribution is 6.35. The van der Waals surface area contributed by atoms with Crippen LogP contribution in [-0.2, 0) is 0 Å². The number of fused-ring (bicyclic) bond motifs is 1. The Bertz CT molecular complexity index is 853. The Morgan fingerprint density at radius 3 is 2.23 bits per heavy atom. The molecule has 0 spiro atoms. The molecule has 1 N–H and O–H groups in total. The summed E-state index contributed by atoms with van der Waals surface area (Å²) in [5, 5.41) is 9.27. The second kappa shape index (κ2) is 7.00. The zero-order valence-corrected chi connectivity index (χ0v) is 14.6. The molecule has 1 heterocycles. The molecule has 6 nitrogen and oxygen atoms in total. The minimum absolute atomic E-state index is 0.0206. The van der Waals surface area contributed by atoms with Crippen LogP contribution in [-0.4, -0.2) is 29.5 Å². The van der Waals surface area contributed by atoms with E-state index in [9.17, 15) is 19.5 Å². The van der Waals surface area contributed by atoms with Crippen LogP contribution in [0.1, 0.15) is 51.3 Å². The van der Waals surface area contributed by atoms with Crippen LogP contribution < -0.4 is 9.64 Å². The van der Waals surface area contributed by atoms with E-state index in [0.29, 0.717) is 29.4 Å². The van der Waals surface area contributed by atoms with Crippen LogP contribution in [0.25, 0.3) is 0 Å². The first-order valence-corrected chi connectivity index (χ1v) is 8.38. The first kappa shape index (κ1) is 17.7. The minimum Gasteiger partial charge on any atom is -0.491 e. The lowest BCUT2D eigenvalue weighted by Gasteiger charge is -2.19. The molecule has 134 valence electrons. The van der Waals surface area contributed by atoms with Crippen molar-refractivity contribution >= 4 is 23.5 Å². The van der Waals surface area contributed by atoms with Crippen molar-refractivity contribution in [2.75, 3.05) is 11.5 Å². The molecule has 0 fully saturated rings. The average Bonchev–Trinajstić information content (AvgIpc) is 2.86. The number of anilines is 1. The third-order valence-electron chi connectivity index (χ3n) is 4.19. The van der Waals surface area contributed by atoms with Crippen molar-refractivity contribution in [1.82, 2.24) is 0 Å². The summed E-state index contributed by atoms with van der Waals surface area (Å²) in [6.07, 6.45) is 0.794. The molecule has 0 aromatic heterocycles. The number of hydrogen-bond acceptors (Lipinski definition) is 4. The van der Waals surface area contributed by atoms with E-state index in [-0.39, 0.29) is 11.3 Å². The maximum absolute atomic E-state index is 12.7. The van der Waals surface area contributed by atoms with Gasteiger partial charge in [0, 0.05) is 0 Å². The average molecular weight is 353 g/mol. The maximum atomic E-state index is 12.7. The van der Waals surface area contributed by atoms with Crippen LogP contribution in [0.2, 0.25) is 0 Å². The Morgan fingerprint density at radius 2 is 1.69 bits per heavy atom. The zero-order chi connectivity index (χ0) is 18.8. The number of carbonyl (C=O) groups excluding carboxylic acids is 2. The van der Waals surface area contributed by atoms with Crippen LogP contribution in [0.5, 0.6) is 5.75 Å². The molecular formula is C20H19NO5. The number of amides is 2. The Labute approximate surface area is 151 Å². The number of carboxylic acid groups (broad SMARTS) is 1. The highest BCUT2D eigenvalue weighted by atomic mass is 16.5. The fourth-order valence-corrected chi connectivity index (χ4v) is 2.76. The molecular weight excluding hydrogens is 334 g/mol. The number of ether oxygens (including phenoxy) is 1. The van der Waals surface area contributed by atoms with Gasteiger partial charge in [-0.05, 0) is 42.7 Å². The van der Waals surface area contributed by atoms with Crippen molar-refractivity contribution < 1.29 is 24.2 Å². The van der Waals surface area contributed by atoms with Gasteiger partial charge in [-0.1, -0.05) is 26.0 Å². The summed E-state index contributed by atoms with van der Waals surface area (Å²) in [7, 11) is 0. The topological polar surface area (TPSA) is 83.9 Å². The predicted octanol–water partition coefficient (Wildman–Crippen LogP) is 3.61. The Kier molecular flexibility index (Phi) is 4.75. The molecule has 0 atom stereocenters. The summed E-state index contributed by atoms with van der Waals surface area (Å²) in [5.74, 6) is -1.37. The van der Waals surface area contributed by atoms with Gasteiger partial charge in [0.25, 0.3) is 11.8 Å². The fourth-order valence-electron chi connectivity index (χ4n) is 2.76. The van der Waals surface area contributed by atoms with Crippen molar-refractivity contribution in [2.45, 2.75) is 20.3 Å². The Hall–Kier alpha value is -3.15. The summed E-state index contributed by atoms with van der Waals surface area (Å²) < 4.78 is 5.75. The summed E-state index contributed by atoms with van der Waals surface area (Å²) >= 11 is 0. The normalized spacial score (nSPS) is 13.3. The Balaban J connectivity index is 2.02. The lowest BCUT2D eigenvalue weighted by atomic mass is 10.1. The molecule has 0 unspecified atom stereocenters. The molecule has 1 aliphatic rings. The molecule has 6 heteroatoms. The number of carboxylic acids is 1. The van der Waals surface area contributed by atoms with Gasteiger partial charge in [-0.3, -0.25) is 9.59 Å². The number of carbonyl (C=O) groups is 3. The quantitative estimate of drug-likeness (QED) is 0.802. The maximum Gasteiger partial charge on any atom is 0.335 e. The first-order valence-electron chi connectivity index (χ1n) is 8.38. The van der Waals surface area contributed by atoms with Crippen molar-refractivity contribution in [3.63, 3.8) is 0 Å². The molecule has 0 saturated heterocycles. The van der Waals surface area contributed by atoms with Gasteiger partial charge >= 0.3 is 5.97 Å². The lowest BCUT2D eigenvalue weighted by molar-refractivity contribution is 0.0695. The fraction of sp³-hybridized carbons (Fsp3) is 0.250. The van der Waals surface area contributed by atoms with Gasteiger partial charge in [0.15, 0.2) is 0 Å². The summed E-state index contributed by atoms with van der Waals surface area (Å²) in [6.45, 7) is 4.52. The number of imide groups is 1. The highest BCUT2D eigenvalue weighted by Crippen LogP contribution is 2.36. The number of rotatable bonds is 6. The first-order chi connectivity index (χ1) is 12.4. The van der Waals surface area contributed by atoms with E-state index in [1.165, 1.54) is 18.2 Å². The monoisotopic (exact) mass is 353 g/mol. The van der Waals surface area contributed by atoms with Crippen molar-refractivity contribution in [3.05, 3.63) is 59.2 Å². The summed E-state index contributed by atoms with van der Waals surface area (Å²) in [6, 6.07) is 10.7.